The molecule has 2 amide bonds. The lowest BCUT2D eigenvalue weighted by atomic mass is 10.1. The van der Waals surface area contributed by atoms with Gasteiger partial charge in [0, 0.05) is 38.0 Å². The number of fused-ring (bicyclic) bond motifs is 2. The van der Waals surface area contributed by atoms with Gasteiger partial charge in [0.1, 0.15) is 12.2 Å². The third kappa shape index (κ3) is 3.75. The summed E-state index contributed by atoms with van der Waals surface area (Å²) in [5.74, 6) is -0.484. The van der Waals surface area contributed by atoms with Gasteiger partial charge in [-0.05, 0) is 36.2 Å². The van der Waals surface area contributed by atoms with E-state index in [2.05, 4.69) is 15.6 Å². The van der Waals surface area contributed by atoms with E-state index in [1.165, 1.54) is 26.4 Å². The molecule has 0 saturated carbocycles. The highest BCUT2D eigenvalue weighted by Gasteiger charge is 2.22. The van der Waals surface area contributed by atoms with Gasteiger partial charge in [-0.2, -0.15) is 0 Å². The maximum Gasteiger partial charge on any atom is 0.293 e. The summed E-state index contributed by atoms with van der Waals surface area (Å²) in [7, 11) is 1.54. The number of nitro groups is 1. The van der Waals surface area contributed by atoms with E-state index in [-0.39, 0.29) is 34.7 Å². The van der Waals surface area contributed by atoms with Crippen LogP contribution in [0, 0.1) is 10.1 Å². The van der Waals surface area contributed by atoms with Gasteiger partial charge in [0.05, 0.1) is 22.2 Å². The van der Waals surface area contributed by atoms with Crippen LogP contribution in [0.4, 0.5) is 22.7 Å². The Morgan fingerprint density at radius 1 is 1.25 bits per heavy atom. The summed E-state index contributed by atoms with van der Waals surface area (Å²) >= 11 is 0. The molecule has 164 valence electrons. The Labute approximate surface area is 181 Å². The fraction of sp³-hybridized carbons (Fsp3) is 0.238. The fourth-order valence-corrected chi connectivity index (χ4v) is 3.82. The van der Waals surface area contributed by atoms with Gasteiger partial charge < -0.3 is 15.5 Å². The fourth-order valence-electron chi connectivity index (χ4n) is 3.82. The van der Waals surface area contributed by atoms with Gasteiger partial charge in [-0.3, -0.25) is 29.1 Å². The molecule has 0 bridgehead atoms. The van der Waals surface area contributed by atoms with Crippen molar-refractivity contribution in [2.24, 2.45) is 0 Å². The molecule has 4 rings (SSSR count). The van der Waals surface area contributed by atoms with Crippen LogP contribution in [0.3, 0.4) is 0 Å². The van der Waals surface area contributed by atoms with Gasteiger partial charge in [0.15, 0.2) is 0 Å². The average Bonchev–Trinajstić information content (AvgIpc) is 3.18. The predicted molar refractivity (Wildman–Crippen MR) is 119 cm³/mol. The summed E-state index contributed by atoms with van der Waals surface area (Å²) in [6.45, 7) is 1.80. The van der Waals surface area contributed by atoms with Crippen molar-refractivity contribution in [2.45, 2.75) is 19.9 Å². The quantitative estimate of drug-likeness (QED) is 0.460. The molecule has 0 atom stereocenters. The van der Waals surface area contributed by atoms with Crippen molar-refractivity contribution in [1.82, 2.24) is 9.55 Å². The first-order valence-corrected chi connectivity index (χ1v) is 9.84. The molecule has 0 aliphatic carbocycles. The van der Waals surface area contributed by atoms with E-state index in [1.807, 2.05) is 0 Å². The number of anilines is 3. The van der Waals surface area contributed by atoms with E-state index in [9.17, 15) is 24.5 Å². The first-order valence-electron chi connectivity index (χ1n) is 9.84. The zero-order chi connectivity index (χ0) is 23.0. The van der Waals surface area contributed by atoms with Crippen LogP contribution in [-0.4, -0.2) is 39.9 Å². The number of carbonyl (C=O) groups is 2. The Kier molecular flexibility index (Phi) is 5.31. The summed E-state index contributed by atoms with van der Waals surface area (Å²) in [6.07, 6.45) is 1.93. The van der Waals surface area contributed by atoms with E-state index in [0.717, 1.165) is 21.9 Å². The van der Waals surface area contributed by atoms with Crippen molar-refractivity contribution in [1.29, 1.82) is 0 Å². The third-order valence-corrected chi connectivity index (χ3v) is 5.36. The van der Waals surface area contributed by atoms with Gasteiger partial charge in [-0.25, -0.2) is 4.98 Å². The van der Waals surface area contributed by atoms with E-state index >= 15 is 0 Å². The zero-order valence-corrected chi connectivity index (χ0v) is 17.4. The lowest BCUT2D eigenvalue weighted by Crippen LogP contribution is -2.28. The molecule has 0 unspecified atom stereocenters. The van der Waals surface area contributed by atoms with Crippen molar-refractivity contribution in [3.05, 3.63) is 62.7 Å². The minimum absolute atomic E-state index is 0.0363. The van der Waals surface area contributed by atoms with E-state index in [1.54, 1.807) is 23.1 Å². The van der Waals surface area contributed by atoms with Gasteiger partial charge in [0.2, 0.25) is 11.8 Å². The first-order chi connectivity index (χ1) is 15.3. The van der Waals surface area contributed by atoms with Crippen LogP contribution < -0.4 is 21.1 Å². The molecular formula is C21H20N6O5. The molecule has 2 heterocycles. The van der Waals surface area contributed by atoms with Crippen LogP contribution in [0.2, 0.25) is 0 Å². The molecule has 1 aliphatic heterocycles. The summed E-state index contributed by atoms with van der Waals surface area (Å²) in [5, 5.41) is 16.8. The van der Waals surface area contributed by atoms with Crippen molar-refractivity contribution in [3.63, 3.8) is 0 Å². The van der Waals surface area contributed by atoms with Crippen LogP contribution in [0.1, 0.15) is 12.5 Å². The number of carbonyl (C=O) groups excluding carboxylic acids is 2. The number of amides is 2. The SMILES string of the molecule is CNc1cc2ncn(CC(=O)Nc3ccc4c(c3)CCN4C(C)=O)c(=O)c2cc1[N+](=O)[O-]. The topological polar surface area (TPSA) is 139 Å². The summed E-state index contributed by atoms with van der Waals surface area (Å²) < 4.78 is 1.10. The number of benzene rings is 2. The molecule has 11 heteroatoms. The molecule has 0 spiro atoms. The number of nitro benzene ring substituents is 1. The Hall–Kier alpha value is -4.28. The highest BCUT2D eigenvalue weighted by Crippen LogP contribution is 2.30. The Morgan fingerprint density at radius 3 is 2.72 bits per heavy atom. The third-order valence-electron chi connectivity index (χ3n) is 5.36. The first kappa shape index (κ1) is 21.0. The van der Waals surface area contributed by atoms with Crippen molar-refractivity contribution in [2.75, 3.05) is 29.1 Å². The molecule has 0 radical (unpaired) electrons. The smallest absolute Gasteiger partial charge is 0.293 e. The maximum atomic E-state index is 12.8. The standard InChI is InChI=1S/C21H20N6O5/c1-12(28)26-6-5-13-7-14(3-4-18(13)26)24-20(29)10-25-11-23-16-9-17(22-2)19(27(31)32)8-15(16)21(25)30/h3-4,7-9,11,22H,5-6,10H2,1-2H3,(H,24,29). The second kappa shape index (κ2) is 8.10. The minimum atomic E-state index is -0.587. The van der Waals surface area contributed by atoms with Gasteiger partial charge >= 0.3 is 0 Å². The molecule has 1 aromatic heterocycles. The molecule has 2 N–H and O–H groups in total. The number of hydrogen-bond donors (Lipinski definition) is 2. The van der Waals surface area contributed by atoms with E-state index in [0.29, 0.717) is 18.7 Å². The summed E-state index contributed by atoms with van der Waals surface area (Å²) in [4.78, 5) is 53.6. The second-order valence-electron chi connectivity index (χ2n) is 7.38. The average molecular weight is 436 g/mol. The minimum Gasteiger partial charge on any atom is -0.383 e. The maximum absolute atomic E-state index is 12.8. The molecule has 0 saturated heterocycles. The van der Waals surface area contributed by atoms with Crippen LogP contribution in [0.5, 0.6) is 0 Å². The van der Waals surface area contributed by atoms with Crippen molar-refractivity contribution < 1.29 is 14.5 Å². The number of aromatic nitrogens is 2. The number of nitrogens with zero attached hydrogens (tertiary/aromatic N) is 4. The van der Waals surface area contributed by atoms with Gasteiger partial charge in [-0.1, -0.05) is 0 Å². The number of hydrogen-bond acceptors (Lipinski definition) is 7. The molecule has 11 nitrogen and oxygen atoms in total. The van der Waals surface area contributed by atoms with Gasteiger partial charge in [0.25, 0.3) is 11.2 Å². The Morgan fingerprint density at radius 2 is 2.03 bits per heavy atom. The number of nitrogens with one attached hydrogen (secondary N) is 2. The predicted octanol–water partition coefficient (Wildman–Crippen LogP) is 1.89. The lowest BCUT2D eigenvalue weighted by Gasteiger charge is -2.15. The van der Waals surface area contributed by atoms with Crippen LogP contribution in [-0.2, 0) is 22.6 Å². The Balaban J connectivity index is 1.57. The molecule has 32 heavy (non-hydrogen) atoms. The molecule has 2 aromatic carbocycles. The normalized spacial score (nSPS) is 12.5. The van der Waals surface area contributed by atoms with E-state index < -0.39 is 16.4 Å². The summed E-state index contributed by atoms with van der Waals surface area (Å²) in [5.41, 5.74) is 2.05. The Bertz CT molecular complexity index is 1330. The van der Waals surface area contributed by atoms with Crippen LogP contribution >= 0.6 is 0 Å². The molecule has 1 aliphatic rings. The van der Waals surface area contributed by atoms with E-state index in [4.69, 9.17) is 0 Å². The van der Waals surface area contributed by atoms with Crippen LogP contribution in [0.25, 0.3) is 10.9 Å². The highest BCUT2D eigenvalue weighted by atomic mass is 16.6. The molecule has 0 fully saturated rings. The van der Waals surface area contributed by atoms with Crippen molar-refractivity contribution in [3.8, 4) is 0 Å². The molecule has 3 aromatic rings. The molecular weight excluding hydrogens is 416 g/mol. The van der Waals surface area contributed by atoms with Gasteiger partial charge in [-0.15, -0.1) is 0 Å². The van der Waals surface area contributed by atoms with Crippen molar-refractivity contribution >= 4 is 45.5 Å². The second-order valence-corrected chi connectivity index (χ2v) is 7.38. The highest BCUT2D eigenvalue weighted by molar-refractivity contribution is 5.95. The zero-order valence-electron chi connectivity index (χ0n) is 17.4. The lowest BCUT2D eigenvalue weighted by molar-refractivity contribution is -0.383. The number of rotatable bonds is 5. The summed E-state index contributed by atoms with van der Waals surface area (Å²) in [6, 6.07) is 7.87. The van der Waals surface area contributed by atoms with Crippen LogP contribution in [0.15, 0.2) is 41.5 Å². The largest absolute Gasteiger partial charge is 0.383 e. The monoisotopic (exact) mass is 436 g/mol.